The first-order valence-corrected chi connectivity index (χ1v) is 4.32. The highest BCUT2D eigenvalue weighted by Crippen LogP contribution is 2.08. The molecule has 66 valence electrons. The summed E-state index contributed by atoms with van der Waals surface area (Å²) in [5.41, 5.74) is 1.86. The van der Waals surface area contributed by atoms with E-state index in [0.717, 1.165) is 16.5 Å². The summed E-state index contributed by atoms with van der Waals surface area (Å²) in [6.07, 6.45) is 6.96. The van der Waals surface area contributed by atoms with Gasteiger partial charge in [0.2, 0.25) is 0 Å². The highest BCUT2D eigenvalue weighted by Gasteiger charge is 2.06. The fraction of sp³-hybridized carbons (Fsp3) is 0. The van der Waals surface area contributed by atoms with Gasteiger partial charge in [-0.25, -0.2) is 4.99 Å². The summed E-state index contributed by atoms with van der Waals surface area (Å²) in [5, 5.41) is 1.79. The fourth-order valence-electron chi connectivity index (χ4n) is 1.60. The van der Waals surface area contributed by atoms with Gasteiger partial charge in [0, 0.05) is 23.1 Å². The molecule has 0 fully saturated rings. The first-order valence-electron chi connectivity index (χ1n) is 4.32. The topological polar surface area (TPSA) is 41.8 Å². The molecule has 1 aromatic rings. The minimum atomic E-state index is -0.205. The maximum Gasteiger partial charge on any atom is 0.270 e. The normalized spacial score (nSPS) is 15.9. The van der Waals surface area contributed by atoms with Crippen molar-refractivity contribution in [1.29, 1.82) is 0 Å². The van der Waals surface area contributed by atoms with Gasteiger partial charge in [-0.05, 0) is 24.3 Å². The van der Waals surface area contributed by atoms with Crippen LogP contribution in [0.5, 0.6) is 0 Å². The highest BCUT2D eigenvalue weighted by molar-refractivity contribution is 5.98. The summed E-state index contributed by atoms with van der Waals surface area (Å²) in [4.78, 5) is 19.1. The van der Waals surface area contributed by atoms with Gasteiger partial charge in [0.15, 0.2) is 0 Å². The number of rotatable bonds is 0. The van der Waals surface area contributed by atoms with E-state index in [9.17, 15) is 4.79 Å². The molecule has 3 nitrogen and oxygen atoms in total. The van der Waals surface area contributed by atoms with Crippen LogP contribution >= 0.6 is 0 Å². The van der Waals surface area contributed by atoms with Crippen LogP contribution in [0.1, 0.15) is 5.56 Å². The average molecular weight is 182 g/mol. The van der Waals surface area contributed by atoms with Gasteiger partial charge in [0.25, 0.3) is 5.91 Å². The number of aliphatic imine (C=N–C) groups is 1. The predicted molar refractivity (Wildman–Crippen MR) is 53.9 cm³/mol. The lowest BCUT2D eigenvalue weighted by molar-refractivity contribution is -0.113. The van der Waals surface area contributed by atoms with Crippen LogP contribution in [0.25, 0.3) is 12.2 Å². The number of carbonyl (C=O) groups excluding carboxylic acids is 1. The quantitative estimate of drug-likeness (QED) is 0.571. The third kappa shape index (κ3) is 0.956. The van der Waals surface area contributed by atoms with E-state index in [1.54, 1.807) is 12.3 Å². The SMILES string of the molecule is O=C1C=Cc2cc3c(cc2=N1)N=CC=3. The van der Waals surface area contributed by atoms with Crippen molar-refractivity contribution in [3.8, 4) is 0 Å². The summed E-state index contributed by atoms with van der Waals surface area (Å²) in [7, 11) is 0. The molecule has 0 unspecified atom stereocenters. The molecule has 2 aliphatic rings. The first kappa shape index (κ1) is 7.38. The summed E-state index contributed by atoms with van der Waals surface area (Å²) in [6, 6.07) is 3.83. The molecule has 3 heteroatoms. The first-order chi connectivity index (χ1) is 6.83. The second-order valence-electron chi connectivity index (χ2n) is 3.20. The van der Waals surface area contributed by atoms with Crippen LogP contribution in [-0.4, -0.2) is 12.1 Å². The number of nitrogens with zero attached hydrogens (tertiary/aromatic N) is 2. The Morgan fingerprint density at radius 1 is 1.14 bits per heavy atom. The summed E-state index contributed by atoms with van der Waals surface area (Å²) in [6.45, 7) is 0. The lowest BCUT2D eigenvalue weighted by Gasteiger charge is -2.00. The van der Waals surface area contributed by atoms with Gasteiger partial charge >= 0.3 is 0 Å². The third-order valence-electron chi connectivity index (χ3n) is 2.28. The third-order valence-corrected chi connectivity index (χ3v) is 2.28. The number of amides is 1. The largest absolute Gasteiger partial charge is 0.270 e. The van der Waals surface area contributed by atoms with E-state index in [1.807, 2.05) is 18.2 Å². The summed E-state index contributed by atoms with van der Waals surface area (Å²) < 4.78 is 0. The lowest BCUT2D eigenvalue weighted by Crippen LogP contribution is -2.16. The molecule has 1 aromatic carbocycles. The summed E-state index contributed by atoms with van der Waals surface area (Å²) in [5.74, 6) is -0.205. The van der Waals surface area contributed by atoms with Gasteiger partial charge < -0.3 is 0 Å². The molecule has 0 aromatic heterocycles. The number of benzene rings is 1. The van der Waals surface area contributed by atoms with E-state index < -0.39 is 0 Å². The molecule has 3 rings (SSSR count). The Kier molecular flexibility index (Phi) is 1.31. The van der Waals surface area contributed by atoms with E-state index in [4.69, 9.17) is 0 Å². The molecule has 0 bridgehead atoms. The van der Waals surface area contributed by atoms with Gasteiger partial charge in [-0.2, -0.15) is 0 Å². The maximum absolute atomic E-state index is 11.0. The van der Waals surface area contributed by atoms with Crippen LogP contribution in [0.3, 0.4) is 0 Å². The minimum Gasteiger partial charge on any atom is -0.267 e. The molecular formula is C11H6N2O. The molecule has 0 aliphatic carbocycles. The zero-order valence-corrected chi connectivity index (χ0v) is 7.27. The van der Waals surface area contributed by atoms with Crippen molar-refractivity contribution >= 4 is 30.0 Å². The molecule has 0 saturated carbocycles. The average Bonchev–Trinajstić information content (AvgIpc) is 2.61. The van der Waals surface area contributed by atoms with Crippen molar-refractivity contribution in [2.24, 2.45) is 9.98 Å². The van der Waals surface area contributed by atoms with Gasteiger partial charge in [-0.15, -0.1) is 0 Å². The van der Waals surface area contributed by atoms with Crippen LogP contribution in [0.15, 0.2) is 28.2 Å². The molecule has 1 amide bonds. The Morgan fingerprint density at radius 2 is 2.07 bits per heavy atom. The van der Waals surface area contributed by atoms with Crippen LogP contribution < -0.4 is 10.6 Å². The molecule has 0 atom stereocenters. The Labute approximate surface area is 79.8 Å². The highest BCUT2D eigenvalue weighted by atomic mass is 16.1. The van der Waals surface area contributed by atoms with Crippen LogP contribution in [-0.2, 0) is 4.79 Å². The van der Waals surface area contributed by atoms with Crippen molar-refractivity contribution in [1.82, 2.24) is 0 Å². The second kappa shape index (κ2) is 2.48. The Morgan fingerprint density at radius 3 is 3.00 bits per heavy atom. The van der Waals surface area contributed by atoms with Crippen molar-refractivity contribution in [2.45, 2.75) is 0 Å². The molecule has 14 heavy (non-hydrogen) atoms. The Bertz CT molecular complexity index is 609. The van der Waals surface area contributed by atoms with Crippen LogP contribution in [0.4, 0.5) is 5.69 Å². The number of carbonyl (C=O) groups is 1. The zero-order chi connectivity index (χ0) is 9.54. The lowest BCUT2D eigenvalue weighted by atomic mass is 10.1. The number of hydrogen-bond acceptors (Lipinski definition) is 2. The number of fused-ring (bicyclic) bond motifs is 2. The number of hydrogen-bond donors (Lipinski definition) is 0. The van der Waals surface area contributed by atoms with E-state index in [-0.39, 0.29) is 5.91 Å². The van der Waals surface area contributed by atoms with Crippen molar-refractivity contribution in [3.05, 3.63) is 34.3 Å². The van der Waals surface area contributed by atoms with Crippen molar-refractivity contribution in [2.75, 3.05) is 0 Å². The zero-order valence-electron chi connectivity index (χ0n) is 7.27. The standard InChI is InChI=1S/C11H6N2O/c14-11-2-1-7-5-8-3-4-12-9(8)6-10(7)13-11/h1-6H. The van der Waals surface area contributed by atoms with E-state index in [0.29, 0.717) is 5.36 Å². The molecule has 0 spiro atoms. The molecular weight excluding hydrogens is 176 g/mol. The van der Waals surface area contributed by atoms with Gasteiger partial charge in [-0.3, -0.25) is 9.79 Å². The Balaban J connectivity index is 2.42. The molecule has 0 N–H and O–H groups in total. The van der Waals surface area contributed by atoms with Gasteiger partial charge in [0.05, 0.1) is 11.0 Å². The van der Waals surface area contributed by atoms with Crippen molar-refractivity contribution in [3.63, 3.8) is 0 Å². The van der Waals surface area contributed by atoms with Gasteiger partial charge in [-0.1, -0.05) is 0 Å². The molecule has 0 saturated heterocycles. The van der Waals surface area contributed by atoms with Gasteiger partial charge in [0.1, 0.15) is 0 Å². The van der Waals surface area contributed by atoms with E-state index in [2.05, 4.69) is 9.98 Å². The van der Waals surface area contributed by atoms with Crippen LogP contribution in [0, 0.1) is 0 Å². The minimum absolute atomic E-state index is 0.205. The second-order valence-corrected chi connectivity index (χ2v) is 3.20. The van der Waals surface area contributed by atoms with E-state index >= 15 is 0 Å². The van der Waals surface area contributed by atoms with Crippen LogP contribution in [0.2, 0.25) is 0 Å². The molecule has 2 aliphatic heterocycles. The smallest absolute Gasteiger partial charge is 0.267 e. The monoisotopic (exact) mass is 182 g/mol. The predicted octanol–water partition coefficient (Wildman–Crippen LogP) is 0.356. The Hall–Kier alpha value is -2.03. The molecule has 2 heterocycles. The van der Waals surface area contributed by atoms with E-state index in [1.165, 1.54) is 6.08 Å². The fourth-order valence-corrected chi connectivity index (χ4v) is 1.60. The summed E-state index contributed by atoms with van der Waals surface area (Å²) >= 11 is 0. The van der Waals surface area contributed by atoms with Crippen molar-refractivity contribution < 1.29 is 4.79 Å². The maximum atomic E-state index is 11.0. The molecule has 0 radical (unpaired) electrons.